The van der Waals surface area contributed by atoms with E-state index in [1.54, 1.807) is 55.6 Å². The smallest absolute Gasteiger partial charge is 0.336 e. The maximum absolute atomic E-state index is 11.9. The summed E-state index contributed by atoms with van der Waals surface area (Å²) in [6.45, 7) is 0. The molecule has 1 heterocycles. The van der Waals surface area contributed by atoms with Gasteiger partial charge in [0.05, 0.1) is 18.7 Å². The molecule has 3 aromatic carbocycles. The van der Waals surface area contributed by atoms with Crippen LogP contribution < -0.4 is 9.47 Å². The van der Waals surface area contributed by atoms with Crippen molar-refractivity contribution in [3.63, 3.8) is 0 Å². The molecule has 1 aliphatic heterocycles. The molecule has 0 saturated carbocycles. The predicted molar refractivity (Wildman–Crippen MR) is 103 cm³/mol. The standard InChI is InChI=1S/C22H16N2O4/c1-27-13-6-4-5-12(9-13)19-17-10-16(22(25)26)14-7-2-3-8-15(14)20(17)28-21(24)18(19)11-23/h2-10,18-19,24H,1H3,(H,25,26). The molecule has 0 fully saturated rings. The number of carbonyl (C=O) groups is 1. The van der Waals surface area contributed by atoms with Crippen molar-refractivity contribution in [2.24, 2.45) is 5.92 Å². The van der Waals surface area contributed by atoms with E-state index in [-0.39, 0.29) is 11.5 Å². The Morgan fingerprint density at radius 2 is 1.93 bits per heavy atom. The normalized spacial score (nSPS) is 18.1. The second-order valence-electron chi connectivity index (χ2n) is 6.52. The molecule has 6 nitrogen and oxygen atoms in total. The van der Waals surface area contributed by atoms with E-state index in [0.29, 0.717) is 27.8 Å². The number of carboxylic acids is 1. The quantitative estimate of drug-likeness (QED) is 0.717. The van der Waals surface area contributed by atoms with Crippen LogP contribution in [0.25, 0.3) is 10.8 Å². The minimum absolute atomic E-state index is 0.135. The van der Waals surface area contributed by atoms with Crippen molar-refractivity contribution < 1.29 is 19.4 Å². The molecule has 2 N–H and O–H groups in total. The summed E-state index contributed by atoms with van der Waals surface area (Å²) >= 11 is 0. The Morgan fingerprint density at radius 3 is 2.61 bits per heavy atom. The van der Waals surface area contributed by atoms with E-state index in [1.165, 1.54) is 0 Å². The number of aromatic carboxylic acids is 1. The first-order valence-electron chi connectivity index (χ1n) is 8.64. The van der Waals surface area contributed by atoms with Gasteiger partial charge in [-0.3, -0.25) is 5.41 Å². The monoisotopic (exact) mass is 372 g/mol. The molecular formula is C22H16N2O4. The maximum Gasteiger partial charge on any atom is 0.336 e. The maximum atomic E-state index is 11.9. The van der Waals surface area contributed by atoms with Crippen molar-refractivity contribution >= 4 is 22.6 Å². The second-order valence-corrected chi connectivity index (χ2v) is 6.52. The second kappa shape index (κ2) is 6.71. The Bertz CT molecular complexity index is 1160. The highest BCUT2D eigenvalue weighted by atomic mass is 16.5. The summed E-state index contributed by atoms with van der Waals surface area (Å²) in [5.41, 5.74) is 1.47. The molecule has 1 aliphatic rings. The fourth-order valence-corrected chi connectivity index (χ4v) is 3.74. The largest absolute Gasteiger partial charge is 0.497 e. The molecule has 0 aliphatic carbocycles. The third-order valence-electron chi connectivity index (χ3n) is 5.01. The molecule has 0 amide bonds. The number of ether oxygens (including phenoxy) is 2. The van der Waals surface area contributed by atoms with Gasteiger partial charge in [-0.2, -0.15) is 5.26 Å². The Hall–Kier alpha value is -3.85. The van der Waals surface area contributed by atoms with Crippen LogP contribution in [0.4, 0.5) is 0 Å². The van der Waals surface area contributed by atoms with Gasteiger partial charge in [0.1, 0.15) is 17.4 Å². The van der Waals surface area contributed by atoms with Gasteiger partial charge in [-0.25, -0.2) is 4.79 Å². The lowest BCUT2D eigenvalue weighted by Crippen LogP contribution is -2.31. The van der Waals surface area contributed by atoms with E-state index in [0.717, 1.165) is 5.56 Å². The van der Waals surface area contributed by atoms with Crippen LogP contribution in [0.1, 0.15) is 27.4 Å². The summed E-state index contributed by atoms with van der Waals surface area (Å²) < 4.78 is 11.0. The molecule has 2 atom stereocenters. The van der Waals surface area contributed by atoms with Gasteiger partial charge in [0, 0.05) is 16.9 Å². The van der Waals surface area contributed by atoms with Crippen LogP contribution in [0.2, 0.25) is 0 Å². The highest BCUT2D eigenvalue weighted by Gasteiger charge is 2.38. The van der Waals surface area contributed by atoms with Gasteiger partial charge in [-0.15, -0.1) is 0 Å². The summed E-state index contributed by atoms with van der Waals surface area (Å²) in [4.78, 5) is 11.9. The Morgan fingerprint density at radius 1 is 1.18 bits per heavy atom. The van der Waals surface area contributed by atoms with Crippen molar-refractivity contribution in [1.29, 1.82) is 10.7 Å². The van der Waals surface area contributed by atoms with E-state index in [2.05, 4.69) is 6.07 Å². The van der Waals surface area contributed by atoms with E-state index in [1.807, 2.05) is 6.07 Å². The lowest BCUT2D eigenvalue weighted by molar-refractivity contribution is 0.0699. The minimum Gasteiger partial charge on any atom is -0.497 e. The van der Waals surface area contributed by atoms with Gasteiger partial charge in [-0.1, -0.05) is 36.4 Å². The molecule has 4 rings (SSSR count). The Kier molecular flexibility index (Phi) is 4.21. The zero-order valence-corrected chi connectivity index (χ0v) is 15.0. The topological polar surface area (TPSA) is 103 Å². The van der Waals surface area contributed by atoms with Crippen molar-refractivity contribution in [3.05, 3.63) is 71.3 Å². The lowest BCUT2D eigenvalue weighted by atomic mass is 9.77. The number of methoxy groups -OCH3 is 1. The fraction of sp³-hybridized carbons (Fsp3) is 0.136. The number of hydrogen-bond acceptors (Lipinski definition) is 5. The van der Waals surface area contributed by atoms with Crippen molar-refractivity contribution in [1.82, 2.24) is 0 Å². The van der Waals surface area contributed by atoms with Crippen LogP contribution >= 0.6 is 0 Å². The number of nitriles is 1. The minimum atomic E-state index is -1.06. The molecule has 0 spiro atoms. The van der Waals surface area contributed by atoms with Crippen LogP contribution in [0.5, 0.6) is 11.5 Å². The Labute approximate surface area is 161 Å². The van der Waals surface area contributed by atoms with Crippen LogP contribution in [-0.4, -0.2) is 24.1 Å². The predicted octanol–water partition coefficient (Wildman–Crippen LogP) is 4.19. The third-order valence-corrected chi connectivity index (χ3v) is 5.01. The SMILES string of the molecule is COc1cccc(C2c3cc(C(=O)O)c4ccccc4c3OC(=N)C2C#N)c1. The Balaban J connectivity index is 2.06. The summed E-state index contributed by atoms with van der Waals surface area (Å²) in [6.07, 6.45) is 0. The third kappa shape index (κ3) is 2.65. The van der Waals surface area contributed by atoms with Crippen LogP contribution in [0.15, 0.2) is 54.6 Å². The molecular weight excluding hydrogens is 356 g/mol. The number of hydrogen-bond donors (Lipinski definition) is 2. The highest BCUT2D eigenvalue weighted by Crippen LogP contribution is 2.46. The first-order valence-corrected chi connectivity index (χ1v) is 8.64. The fourth-order valence-electron chi connectivity index (χ4n) is 3.74. The highest BCUT2D eigenvalue weighted by molar-refractivity contribution is 6.07. The number of rotatable bonds is 3. The number of nitrogens with zero attached hydrogens (tertiary/aromatic N) is 1. The number of benzene rings is 3. The molecule has 6 heteroatoms. The molecule has 0 radical (unpaired) electrons. The van der Waals surface area contributed by atoms with Gasteiger partial charge in [0.15, 0.2) is 0 Å². The van der Waals surface area contributed by atoms with E-state index < -0.39 is 17.8 Å². The van der Waals surface area contributed by atoms with Crippen LogP contribution in [0.3, 0.4) is 0 Å². The first-order chi connectivity index (χ1) is 13.5. The van der Waals surface area contributed by atoms with E-state index >= 15 is 0 Å². The lowest BCUT2D eigenvalue weighted by Gasteiger charge is -2.31. The average molecular weight is 372 g/mol. The summed E-state index contributed by atoms with van der Waals surface area (Å²) in [5.74, 6) is -1.59. The van der Waals surface area contributed by atoms with Gasteiger partial charge >= 0.3 is 5.97 Å². The number of carboxylic acid groups (broad SMARTS) is 1. The number of fused-ring (bicyclic) bond motifs is 3. The molecule has 0 aromatic heterocycles. The van der Waals surface area contributed by atoms with Gasteiger partial charge in [0.25, 0.3) is 0 Å². The molecule has 0 saturated heterocycles. The summed E-state index contributed by atoms with van der Waals surface area (Å²) in [6, 6.07) is 18.0. The van der Waals surface area contributed by atoms with Gasteiger partial charge < -0.3 is 14.6 Å². The first kappa shape index (κ1) is 17.6. The number of nitrogens with one attached hydrogen (secondary N) is 1. The van der Waals surface area contributed by atoms with Crippen molar-refractivity contribution in [2.45, 2.75) is 5.92 Å². The molecule has 2 unspecified atom stereocenters. The van der Waals surface area contributed by atoms with Crippen molar-refractivity contribution in [3.8, 4) is 17.6 Å². The molecule has 28 heavy (non-hydrogen) atoms. The molecule has 3 aromatic rings. The van der Waals surface area contributed by atoms with E-state index in [9.17, 15) is 15.2 Å². The average Bonchev–Trinajstić information content (AvgIpc) is 2.72. The van der Waals surface area contributed by atoms with Gasteiger partial charge in [0.2, 0.25) is 5.90 Å². The van der Waals surface area contributed by atoms with Crippen LogP contribution in [0, 0.1) is 22.7 Å². The van der Waals surface area contributed by atoms with E-state index in [4.69, 9.17) is 14.9 Å². The summed E-state index contributed by atoms with van der Waals surface area (Å²) in [7, 11) is 1.55. The zero-order chi connectivity index (χ0) is 19.8. The van der Waals surface area contributed by atoms with Crippen LogP contribution in [-0.2, 0) is 0 Å². The van der Waals surface area contributed by atoms with Gasteiger partial charge in [-0.05, 0) is 29.1 Å². The summed E-state index contributed by atoms with van der Waals surface area (Å²) in [5, 5.41) is 28.9. The van der Waals surface area contributed by atoms with Crippen molar-refractivity contribution in [2.75, 3.05) is 7.11 Å². The zero-order valence-electron chi connectivity index (χ0n) is 15.0. The molecule has 0 bridgehead atoms. The molecule has 138 valence electrons.